The van der Waals surface area contributed by atoms with Crippen molar-refractivity contribution >= 4 is 35.1 Å². The number of rotatable bonds is 7. The number of aromatic nitrogens is 1. The van der Waals surface area contributed by atoms with Crippen LogP contribution in [-0.2, 0) is 32.0 Å². The summed E-state index contributed by atoms with van der Waals surface area (Å²) >= 11 is 0. The maximum atomic E-state index is 14.0. The van der Waals surface area contributed by atoms with E-state index in [1.807, 2.05) is 38.1 Å². The Labute approximate surface area is 247 Å². The second-order valence-corrected chi connectivity index (χ2v) is 12.6. The smallest absolute Gasteiger partial charge is 0.244 e. The zero-order chi connectivity index (χ0) is 29.9. The summed E-state index contributed by atoms with van der Waals surface area (Å²) in [5.74, 6) is 0.213. The van der Waals surface area contributed by atoms with Gasteiger partial charge in [-0.2, -0.15) is 0 Å². The first-order chi connectivity index (χ1) is 20.1. The van der Waals surface area contributed by atoms with E-state index in [1.165, 1.54) is 0 Å². The maximum Gasteiger partial charge on any atom is 0.244 e. The lowest BCUT2D eigenvalue weighted by Crippen LogP contribution is -2.57. The molecule has 10 heteroatoms. The molecule has 4 amide bonds. The molecule has 0 bridgehead atoms. The fraction of sp³-hybridized carbons (Fsp3) is 0.531. The second-order valence-electron chi connectivity index (χ2n) is 12.6. The quantitative estimate of drug-likeness (QED) is 0.467. The van der Waals surface area contributed by atoms with E-state index in [2.05, 4.69) is 20.9 Å². The SMILES string of the molecule is CC(=O)N1CCC(C)(C(=O)N(CC(=O)Nc2ccc3c(c2)C[C@](C)(C(=O)Nc2ccccn2)C3)[C@H]2CCCNC2)CC1. The Kier molecular flexibility index (Phi) is 8.63. The normalized spacial score (nSPS) is 23.0. The minimum absolute atomic E-state index is 0.0156. The number of amides is 4. The molecule has 224 valence electrons. The van der Waals surface area contributed by atoms with Gasteiger partial charge in [0.1, 0.15) is 12.4 Å². The highest BCUT2D eigenvalue weighted by atomic mass is 16.2. The predicted octanol–water partition coefficient (Wildman–Crippen LogP) is 2.99. The van der Waals surface area contributed by atoms with Crippen LogP contribution < -0.4 is 16.0 Å². The molecule has 10 nitrogen and oxygen atoms in total. The molecule has 42 heavy (non-hydrogen) atoms. The number of hydrogen-bond acceptors (Lipinski definition) is 6. The number of likely N-dealkylation sites (tertiary alicyclic amines) is 1. The van der Waals surface area contributed by atoms with Gasteiger partial charge in [-0.3, -0.25) is 19.2 Å². The summed E-state index contributed by atoms with van der Waals surface area (Å²) in [6, 6.07) is 11.1. The van der Waals surface area contributed by atoms with Gasteiger partial charge in [0, 0.05) is 49.9 Å². The van der Waals surface area contributed by atoms with Crippen LogP contribution in [0.5, 0.6) is 0 Å². The molecule has 2 saturated heterocycles. The molecule has 0 spiro atoms. The molecule has 5 rings (SSSR count). The number of benzene rings is 1. The Morgan fingerprint density at radius 2 is 1.79 bits per heavy atom. The van der Waals surface area contributed by atoms with E-state index in [4.69, 9.17) is 0 Å². The summed E-state index contributed by atoms with van der Waals surface area (Å²) < 4.78 is 0. The third kappa shape index (κ3) is 6.48. The van der Waals surface area contributed by atoms with Gasteiger partial charge >= 0.3 is 0 Å². The third-order valence-corrected chi connectivity index (χ3v) is 9.22. The van der Waals surface area contributed by atoms with Crippen molar-refractivity contribution in [1.82, 2.24) is 20.1 Å². The average Bonchev–Trinajstić information content (AvgIpc) is 3.33. The van der Waals surface area contributed by atoms with Crippen LogP contribution in [0.1, 0.15) is 57.6 Å². The lowest BCUT2D eigenvalue weighted by atomic mass is 9.78. The molecule has 0 saturated carbocycles. The Balaban J connectivity index is 1.25. The summed E-state index contributed by atoms with van der Waals surface area (Å²) in [7, 11) is 0. The van der Waals surface area contributed by atoms with Crippen molar-refractivity contribution in [2.24, 2.45) is 10.8 Å². The van der Waals surface area contributed by atoms with E-state index in [1.54, 1.807) is 35.1 Å². The molecule has 2 aromatic rings. The Morgan fingerprint density at radius 1 is 1.02 bits per heavy atom. The fourth-order valence-corrected chi connectivity index (χ4v) is 6.51. The van der Waals surface area contributed by atoms with Crippen LogP contribution in [0.4, 0.5) is 11.5 Å². The van der Waals surface area contributed by atoms with Gasteiger partial charge in [-0.1, -0.05) is 26.0 Å². The molecule has 3 heterocycles. The Morgan fingerprint density at radius 3 is 2.45 bits per heavy atom. The average molecular weight is 575 g/mol. The molecule has 0 unspecified atom stereocenters. The summed E-state index contributed by atoms with van der Waals surface area (Å²) in [5.41, 5.74) is 1.54. The number of fused-ring (bicyclic) bond motifs is 1. The van der Waals surface area contributed by atoms with Crippen LogP contribution in [0.3, 0.4) is 0 Å². The Hall–Kier alpha value is -3.79. The van der Waals surface area contributed by atoms with Crippen LogP contribution in [-0.4, -0.2) is 77.2 Å². The first kappa shape index (κ1) is 29.7. The highest BCUT2D eigenvalue weighted by Gasteiger charge is 2.43. The zero-order valence-electron chi connectivity index (χ0n) is 24.9. The van der Waals surface area contributed by atoms with E-state index in [9.17, 15) is 19.2 Å². The molecule has 1 aliphatic carbocycles. The second kappa shape index (κ2) is 12.2. The maximum absolute atomic E-state index is 14.0. The van der Waals surface area contributed by atoms with Crippen molar-refractivity contribution in [1.29, 1.82) is 0 Å². The molecular formula is C32H42N6O4. The van der Waals surface area contributed by atoms with Crippen molar-refractivity contribution < 1.29 is 19.2 Å². The third-order valence-electron chi connectivity index (χ3n) is 9.22. The molecule has 1 aromatic heterocycles. The van der Waals surface area contributed by atoms with Gasteiger partial charge in [-0.05, 0) is 80.5 Å². The highest BCUT2D eigenvalue weighted by Crippen LogP contribution is 2.39. The summed E-state index contributed by atoms with van der Waals surface area (Å²) in [5, 5.41) is 9.31. The van der Waals surface area contributed by atoms with Gasteiger partial charge in [0.2, 0.25) is 23.6 Å². The molecule has 1 aromatic carbocycles. The van der Waals surface area contributed by atoms with Crippen molar-refractivity contribution in [2.75, 3.05) is 43.4 Å². The minimum atomic E-state index is -0.618. The topological polar surface area (TPSA) is 124 Å². The van der Waals surface area contributed by atoms with Crippen LogP contribution in [0.15, 0.2) is 42.6 Å². The minimum Gasteiger partial charge on any atom is -0.343 e. The first-order valence-corrected chi connectivity index (χ1v) is 15.0. The van der Waals surface area contributed by atoms with Crippen LogP contribution >= 0.6 is 0 Å². The van der Waals surface area contributed by atoms with Crippen molar-refractivity contribution in [2.45, 2.75) is 65.3 Å². The van der Waals surface area contributed by atoms with E-state index < -0.39 is 10.8 Å². The fourth-order valence-electron chi connectivity index (χ4n) is 6.51. The number of hydrogen-bond donors (Lipinski definition) is 3. The number of carbonyl (C=O) groups is 4. The van der Waals surface area contributed by atoms with Crippen LogP contribution in [0.25, 0.3) is 0 Å². The first-order valence-electron chi connectivity index (χ1n) is 15.0. The number of nitrogens with one attached hydrogen (secondary N) is 3. The number of nitrogens with zero attached hydrogens (tertiary/aromatic N) is 3. The lowest BCUT2D eigenvalue weighted by molar-refractivity contribution is -0.150. The number of pyridine rings is 1. The predicted molar refractivity (Wildman–Crippen MR) is 161 cm³/mol. The number of anilines is 2. The van der Waals surface area contributed by atoms with Crippen LogP contribution in [0, 0.1) is 10.8 Å². The van der Waals surface area contributed by atoms with Gasteiger partial charge in [-0.25, -0.2) is 4.98 Å². The standard InChI is InChI=1S/C32H42N6O4/c1-22(39)37-15-11-31(2,12-16-37)30(42)38(26-7-6-13-33-20-26)21-28(40)35-25-10-9-23-18-32(3,19-24(23)17-25)29(41)36-27-8-4-5-14-34-27/h4-5,8-10,14,17,26,33H,6-7,11-13,15-16,18-21H2,1-3H3,(H,35,40)(H,34,36,41)/t26-,32+/m0/s1. The molecule has 3 N–H and O–H groups in total. The Bertz CT molecular complexity index is 1330. The van der Waals surface area contributed by atoms with E-state index in [0.717, 1.165) is 30.5 Å². The highest BCUT2D eigenvalue weighted by molar-refractivity contribution is 5.97. The van der Waals surface area contributed by atoms with Crippen LogP contribution in [0.2, 0.25) is 0 Å². The van der Waals surface area contributed by atoms with Gasteiger partial charge in [0.05, 0.1) is 5.41 Å². The van der Waals surface area contributed by atoms with Gasteiger partial charge in [0.25, 0.3) is 0 Å². The molecule has 2 aliphatic heterocycles. The van der Waals surface area contributed by atoms with Gasteiger partial charge in [-0.15, -0.1) is 0 Å². The molecule has 2 atom stereocenters. The lowest BCUT2D eigenvalue weighted by Gasteiger charge is -2.43. The van der Waals surface area contributed by atoms with Gasteiger partial charge < -0.3 is 25.8 Å². The number of piperidine rings is 2. The number of carbonyl (C=O) groups excluding carboxylic acids is 4. The molecule has 2 fully saturated rings. The van der Waals surface area contributed by atoms with Crippen molar-refractivity contribution in [3.63, 3.8) is 0 Å². The summed E-state index contributed by atoms with van der Waals surface area (Å²) in [4.78, 5) is 60.1. The zero-order valence-corrected chi connectivity index (χ0v) is 24.9. The van der Waals surface area contributed by atoms with E-state index >= 15 is 0 Å². The van der Waals surface area contributed by atoms with Crippen molar-refractivity contribution in [3.05, 3.63) is 53.7 Å². The molecular weight excluding hydrogens is 532 g/mol. The summed E-state index contributed by atoms with van der Waals surface area (Å²) in [6.45, 7) is 8.12. The van der Waals surface area contributed by atoms with E-state index in [0.29, 0.717) is 56.8 Å². The molecule has 3 aliphatic rings. The monoisotopic (exact) mass is 574 g/mol. The summed E-state index contributed by atoms with van der Waals surface area (Å²) in [6.07, 6.45) is 5.77. The largest absolute Gasteiger partial charge is 0.343 e. The molecule has 0 radical (unpaired) electrons. The van der Waals surface area contributed by atoms with Gasteiger partial charge in [0.15, 0.2) is 0 Å². The van der Waals surface area contributed by atoms with E-state index in [-0.39, 0.29) is 36.2 Å². The van der Waals surface area contributed by atoms with Crippen molar-refractivity contribution in [3.8, 4) is 0 Å².